The second-order valence-electron chi connectivity index (χ2n) is 11.1. The largest absolute Gasteiger partial charge is 2.00 e. The van der Waals surface area contributed by atoms with E-state index < -0.39 is 11.9 Å². The number of nitrogens with zero attached hydrogens (tertiary/aromatic N) is 2. The van der Waals surface area contributed by atoms with Crippen LogP contribution in [0.3, 0.4) is 0 Å². The molecule has 0 spiro atoms. The number of aromatic nitrogens is 4. The van der Waals surface area contributed by atoms with Crippen LogP contribution in [0.15, 0.2) is 24.8 Å². The molecule has 0 amide bonds. The molecule has 0 fully saturated rings. The zero-order valence-electron chi connectivity index (χ0n) is 25.7. The normalized spacial score (nSPS) is 16.0. The number of aliphatic carboxylic acids is 2. The van der Waals surface area contributed by atoms with E-state index in [1.807, 2.05) is 39.0 Å². The van der Waals surface area contributed by atoms with Crippen molar-refractivity contribution < 1.29 is 66.4 Å². The van der Waals surface area contributed by atoms with E-state index in [1.54, 1.807) is 6.92 Å². The molecule has 8 nitrogen and oxygen atoms in total. The van der Waals surface area contributed by atoms with Gasteiger partial charge >= 0.3 is 58.6 Å². The van der Waals surface area contributed by atoms with Crippen LogP contribution in [0.4, 0.5) is 0 Å². The van der Waals surface area contributed by atoms with Gasteiger partial charge in [0, 0.05) is 57.3 Å². The molecule has 10 heteroatoms. The smallest absolute Gasteiger partial charge is 0.481 e. The van der Waals surface area contributed by atoms with Gasteiger partial charge in [0.25, 0.3) is 0 Å². The van der Waals surface area contributed by atoms with Crippen molar-refractivity contribution >= 4 is 51.2 Å². The number of carbonyl (C=O) groups is 2. The second-order valence-corrected chi connectivity index (χ2v) is 11.1. The SMILES string of the molecule is C=Cc1c(C)c2cc3nc(c(C)c4nc(cc5[nH]c(cc1[nH]2)c(C)c5CC)C(C)=C4C(=O)O)[C@@H](CCC(=O)O)[C@@H]3C.[Cu+2].[Na+]. The fraction of sp³-hybridized carbons (Fsp3) is 0.333. The van der Waals surface area contributed by atoms with E-state index in [0.29, 0.717) is 34.6 Å². The first-order chi connectivity index (χ1) is 19.5. The summed E-state index contributed by atoms with van der Waals surface area (Å²) in [7, 11) is 0. The van der Waals surface area contributed by atoms with Gasteiger partial charge in [-0.2, -0.15) is 0 Å². The van der Waals surface area contributed by atoms with E-state index in [-0.39, 0.29) is 70.5 Å². The Morgan fingerprint density at radius 1 is 0.953 bits per heavy atom. The molecule has 0 aromatic carbocycles. The summed E-state index contributed by atoms with van der Waals surface area (Å²) in [6.07, 6.45) is 3.02. The average molecular weight is 639 g/mol. The van der Waals surface area contributed by atoms with Crippen molar-refractivity contribution in [3.63, 3.8) is 0 Å². The Bertz CT molecular complexity index is 1840. The van der Waals surface area contributed by atoms with Gasteiger partial charge in [0.15, 0.2) is 0 Å². The third-order valence-electron chi connectivity index (χ3n) is 8.76. The fourth-order valence-electron chi connectivity index (χ4n) is 6.32. The van der Waals surface area contributed by atoms with Crippen molar-refractivity contribution in [3.05, 3.63) is 75.4 Å². The molecular weight excluding hydrogens is 603 g/mol. The number of hydrogen-bond donors (Lipinski definition) is 4. The second kappa shape index (κ2) is 13.4. The minimum Gasteiger partial charge on any atom is -0.481 e. The first-order valence-corrected chi connectivity index (χ1v) is 14.0. The van der Waals surface area contributed by atoms with Crippen LogP contribution < -0.4 is 29.6 Å². The number of nitrogens with one attached hydrogen (secondary N) is 2. The number of rotatable bonds is 6. The maximum absolute atomic E-state index is 12.5. The zero-order chi connectivity index (χ0) is 29.7. The monoisotopic (exact) mass is 638 g/mol. The van der Waals surface area contributed by atoms with Crippen molar-refractivity contribution in [1.82, 2.24) is 19.9 Å². The van der Waals surface area contributed by atoms with E-state index in [0.717, 1.165) is 56.4 Å². The summed E-state index contributed by atoms with van der Waals surface area (Å²) < 4.78 is 0. The third-order valence-corrected chi connectivity index (χ3v) is 8.76. The van der Waals surface area contributed by atoms with E-state index in [9.17, 15) is 19.8 Å². The zero-order valence-corrected chi connectivity index (χ0v) is 28.6. The van der Waals surface area contributed by atoms with Gasteiger partial charge in [-0.05, 0) is 86.6 Å². The summed E-state index contributed by atoms with van der Waals surface area (Å²) in [5, 5.41) is 19.7. The van der Waals surface area contributed by atoms with Crippen LogP contribution in [0, 0.1) is 20.8 Å². The molecule has 2 atom stereocenters. The molecule has 1 radical (unpaired) electrons. The summed E-state index contributed by atoms with van der Waals surface area (Å²) in [6, 6.07) is 6.04. The number of aryl methyl sites for hydroxylation is 3. The quantitative estimate of drug-likeness (QED) is 0.299. The van der Waals surface area contributed by atoms with E-state index in [1.165, 1.54) is 0 Å². The van der Waals surface area contributed by atoms with Crippen molar-refractivity contribution in [3.8, 4) is 0 Å². The van der Waals surface area contributed by atoms with Crippen LogP contribution in [0.5, 0.6) is 0 Å². The predicted molar refractivity (Wildman–Crippen MR) is 163 cm³/mol. The van der Waals surface area contributed by atoms with Crippen molar-refractivity contribution in [2.75, 3.05) is 0 Å². The number of allylic oxidation sites excluding steroid dienone is 1. The Morgan fingerprint density at radius 3 is 2.21 bits per heavy atom. The van der Waals surface area contributed by atoms with Crippen LogP contribution in [-0.2, 0) is 33.1 Å². The maximum atomic E-state index is 12.5. The van der Waals surface area contributed by atoms with Crippen molar-refractivity contribution in [2.45, 2.75) is 72.6 Å². The van der Waals surface area contributed by atoms with Gasteiger partial charge in [0.2, 0.25) is 0 Å². The Labute approximate surface area is 283 Å². The fourth-order valence-corrected chi connectivity index (χ4v) is 6.32. The van der Waals surface area contributed by atoms with Crippen molar-refractivity contribution in [2.24, 2.45) is 0 Å². The number of H-pyrrole nitrogens is 2. The molecule has 5 rings (SSSR count). The number of hydrogen-bond acceptors (Lipinski definition) is 4. The maximum Gasteiger partial charge on any atom is 2.00 e. The molecule has 0 aliphatic carbocycles. The molecule has 0 unspecified atom stereocenters. The average Bonchev–Trinajstić information content (AvgIpc) is 3.60. The molecule has 5 heterocycles. The number of aromatic amines is 2. The Hall–Kier alpha value is -2.94. The van der Waals surface area contributed by atoms with Gasteiger partial charge in [-0.15, -0.1) is 0 Å². The number of fused-ring (bicyclic) bond motifs is 8. The van der Waals surface area contributed by atoms with Gasteiger partial charge in [-0.25, -0.2) is 9.78 Å². The first kappa shape index (κ1) is 34.5. The molecule has 2 aliphatic rings. The van der Waals surface area contributed by atoms with Gasteiger partial charge in [-0.3, -0.25) is 9.78 Å². The van der Waals surface area contributed by atoms with Crippen LogP contribution in [0.1, 0.15) is 96.0 Å². The van der Waals surface area contributed by atoms with Gasteiger partial charge in [0.1, 0.15) is 0 Å². The summed E-state index contributed by atoms with van der Waals surface area (Å²) in [6.45, 7) is 16.0. The first-order valence-electron chi connectivity index (χ1n) is 14.0. The topological polar surface area (TPSA) is 132 Å². The molecule has 8 bridgehead atoms. The number of carboxylic acid groups (broad SMARTS) is 2. The summed E-state index contributed by atoms with van der Waals surface area (Å²) >= 11 is 0. The molecule has 4 N–H and O–H groups in total. The Balaban J connectivity index is 0.00000253. The number of carboxylic acids is 2. The van der Waals surface area contributed by atoms with Crippen LogP contribution >= 0.6 is 0 Å². The molecule has 43 heavy (non-hydrogen) atoms. The van der Waals surface area contributed by atoms with Crippen molar-refractivity contribution in [1.29, 1.82) is 0 Å². The van der Waals surface area contributed by atoms with E-state index in [4.69, 9.17) is 9.97 Å². The molecular formula is C33H36CuN4NaO4+3. The molecule has 221 valence electrons. The molecule has 3 aromatic rings. The minimum atomic E-state index is -1.05. The molecule has 3 aromatic heterocycles. The van der Waals surface area contributed by atoms with E-state index in [2.05, 4.69) is 36.5 Å². The van der Waals surface area contributed by atoms with Gasteiger partial charge < -0.3 is 20.2 Å². The van der Waals surface area contributed by atoms with Gasteiger partial charge in [-0.1, -0.05) is 26.5 Å². The summed E-state index contributed by atoms with van der Waals surface area (Å²) in [4.78, 5) is 41.1. The minimum absolute atomic E-state index is 0. The Kier molecular flexibility index (Phi) is 10.7. The molecule has 2 aliphatic heterocycles. The standard InChI is InChI=1S/C33H36N4O4.Cu.Na/c1-8-20-15(3)23-12-25-17(5)22(10-11-29(38)39)31(36-25)19(7)32-30(33(40)41)18(6)26(37-32)14-28-21(9-2)16(4)24(35-28)13-27(20)34-23;;/h8,12-14,17,22,34-35H,1,9-11H2,2-7H3,(H,38,39)(H,40,41);;/q;+2;+1/t17-,22-;;/m0../s1. The van der Waals surface area contributed by atoms with Crippen LogP contribution in [0.25, 0.3) is 39.3 Å². The van der Waals surface area contributed by atoms with Crippen LogP contribution in [-0.4, -0.2) is 42.1 Å². The van der Waals surface area contributed by atoms with Crippen LogP contribution in [0.2, 0.25) is 0 Å². The Morgan fingerprint density at radius 2 is 1.60 bits per heavy atom. The summed E-state index contributed by atoms with van der Waals surface area (Å²) in [5.41, 5.74) is 11.8. The third kappa shape index (κ3) is 6.06. The van der Waals surface area contributed by atoms with Gasteiger partial charge in [0.05, 0.1) is 17.0 Å². The summed E-state index contributed by atoms with van der Waals surface area (Å²) in [5.74, 6) is -2.20. The van der Waals surface area contributed by atoms with E-state index >= 15 is 0 Å². The predicted octanol–water partition coefficient (Wildman–Crippen LogP) is 4.21. The molecule has 0 saturated carbocycles. The molecule has 0 saturated heterocycles.